The summed E-state index contributed by atoms with van der Waals surface area (Å²) in [4.78, 5) is 5.02. The molecule has 0 N–H and O–H groups in total. The fourth-order valence-corrected chi connectivity index (χ4v) is 4.85. The predicted molar refractivity (Wildman–Crippen MR) is 127 cm³/mol. The van der Waals surface area contributed by atoms with Crippen LogP contribution in [0.5, 0.6) is 5.75 Å². The number of rotatable bonds is 4. The molecule has 1 heterocycles. The molecule has 0 saturated carbocycles. The van der Waals surface area contributed by atoms with Crippen LogP contribution in [-0.4, -0.2) is 4.98 Å². The van der Waals surface area contributed by atoms with Crippen LogP contribution in [0.3, 0.4) is 0 Å². The molecule has 156 valence electrons. The molecule has 0 fully saturated rings. The molecule has 1 aliphatic rings. The molecule has 0 amide bonds. The van der Waals surface area contributed by atoms with E-state index in [1.807, 2.05) is 18.2 Å². The van der Waals surface area contributed by atoms with Crippen LogP contribution in [0, 0.1) is 5.82 Å². The Kier molecular flexibility index (Phi) is 4.61. The Labute approximate surface area is 186 Å². The Balaban J connectivity index is 1.44. The van der Waals surface area contributed by atoms with Gasteiger partial charge >= 0.3 is 0 Å². The molecule has 4 aromatic carbocycles. The van der Waals surface area contributed by atoms with Crippen molar-refractivity contribution in [3.05, 3.63) is 108 Å². The zero-order valence-electron chi connectivity index (χ0n) is 17.6. The van der Waals surface area contributed by atoms with Gasteiger partial charge in [0, 0.05) is 16.6 Å². The van der Waals surface area contributed by atoms with Crippen LogP contribution in [0.2, 0.25) is 0 Å². The van der Waals surface area contributed by atoms with Gasteiger partial charge in [0.05, 0.1) is 5.52 Å². The summed E-state index contributed by atoms with van der Waals surface area (Å²) in [5.41, 5.74) is 6.67. The van der Waals surface area contributed by atoms with E-state index in [1.54, 1.807) is 12.1 Å². The van der Waals surface area contributed by atoms with Gasteiger partial charge in [0.2, 0.25) is 0 Å². The summed E-state index contributed by atoms with van der Waals surface area (Å²) in [6.07, 6.45) is 3.24. The van der Waals surface area contributed by atoms with Gasteiger partial charge in [0.25, 0.3) is 0 Å². The number of ether oxygens (including phenoxy) is 1. The van der Waals surface area contributed by atoms with Crippen molar-refractivity contribution in [2.24, 2.45) is 0 Å². The highest BCUT2D eigenvalue weighted by molar-refractivity contribution is 6.14. The third-order valence-electron chi connectivity index (χ3n) is 6.40. The second kappa shape index (κ2) is 7.76. The molecule has 6 rings (SSSR count). The van der Waals surface area contributed by atoms with Crippen LogP contribution in [0.25, 0.3) is 32.8 Å². The Morgan fingerprint density at radius 3 is 2.50 bits per heavy atom. The van der Waals surface area contributed by atoms with Crippen LogP contribution in [-0.2, 0) is 19.4 Å². The summed E-state index contributed by atoms with van der Waals surface area (Å²) in [5.74, 6) is 0.492. The lowest BCUT2D eigenvalue weighted by atomic mass is 9.91. The number of hydrogen-bond acceptors (Lipinski definition) is 2. The molecule has 1 aliphatic carbocycles. The molecule has 0 unspecified atom stereocenters. The van der Waals surface area contributed by atoms with Crippen molar-refractivity contribution in [1.29, 1.82) is 0 Å². The van der Waals surface area contributed by atoms with Crippen molar-refractivity contribution in [2.75, 3.05) is 0 Å². The first kappa shape index (κ1) is 19.0. The van der Waals surface area contributed by atoms with Crippen molar-refractivity contribution < 1.29 is 9.13 Å². The lowest BCUT2D eigenvalue weighted by Crippen LogP contribution is -1.99. The Morgan fingerprint density at radius 1 is 0.812 bits per heavy atom. The third kappa shape index (κ3) is 3.21. The number of fused-ring (bicyclic) bond motifs is 4. The zero-order chi connectivity index (χ0) is 21.5. The number of pyridine rings is 1. The number of halogens is 1. The van der Waals surface area contributed by atoms with Crippen molar-refractivity contribution in [1.82, 2.24) is 4.98 Å². The number of aryl methyl sites for hydroxylation is 1. The molecule has 2 nitrogen and oxygen atoms in total. The first-order chi connectivity index (χ1) is 15.8. The highest BCUT2D eigenvalue weighted by Gasteiger charge is 2.21. The van der Waals surface area contributed by atoms with Crippen molar-refractivity contribution in [3.63, 3.8) is 0 Å². The second-order valence-electron chi connectivity index (χ2n) is 8.35. The van der Waals surface area contributed by atoms with Crippen molar-refractivity contribution >= 4 is 21.7 Å². The minimum atomic E-state index is -0.241. The SMILES string of the molecule is Fc1ccccc1COc1ccc(-c2c3c(nc4ccc5ccccc5c24)CCC3)cc1. The van der Waals surface area contributed by atoms with Gasteiger partial charge in [-0.3, -0.25) is 4.98 Å². The Bertz CT molecular complexity index is 1460. The molecule has 0 bridgehead atoms. The van der Waals surface area contributed by atoms with Gasteiger partial charge in [-0.1, -0.05) is 60.7 Å². The molecule has 0 radical (unpaired) electrons. The normalized spacial score (nSPS) is 12.9. The van der Waals surface area contributed by atoms with E-state index >= 15 is 0 Å². The molecule has 0 atom stereocenters. The number of benzene rings is 4. The molecule has 32 heavy (non-hydrogen) atoms. The number of nitrogens with zero attached hydrogens (tertiary/aromatic N) is 1. The number of hydrogen-bond donors (Lipinski definition) is 0. The highest BCUT2D eigenvalue weighted by atomic mass is 19.1. The maximum atomic E-state index is 13.9. The molecular weight excluding hydrogens is 397 g/mol. The molecule has 5 aromatic rings. The van der Waals surface area contributed by atoms with Crippen LogP contribution in [0.1, 0.15) is 23.2 Å². The monoisotopic (exact) mass is 419 g/mol. The molecule has 0 aliphatic heterocycles. The van der Waals surface area contributed by atoms with E-state index in [1.165, 1.54) is 44.6 Å². The van der Waals surface area contributed by atoms with Crippen LogP contribution in [0.15, 0.2) is 84.9 Å². The van der Waals surface area contributed by atoms with E-state index in [9.17, 15) is 4.39 Å². The van der Waals surface area contributed by atoms with Gasteiger partial charge in [-0.15, -0.1) is 0 Å². The maximum absolute atomic E-state index is 13.9. The van der Waals surface area contributed by atoms with Crippen LogP contribution in [0.4, 0.5) is 4.39 Å². The maximum Gasteiger partial charge on any atom is 0.129 e. The summed E-state index contributed by atoms with van der Waals surface area (Å²) in [5, 5.41) is 3.69. The molecule has 3 heteroatoms. The summed E-state index contributed by atoms with van der Waals surface area (Å²) >= 11 is 0. The Morgan fingerprint density at radius 2 is 1.62 bits per heavy atom. The van der Waals surface area contributed by atoms with Crippen LogP contribution >= 0.6 is 0 Å². The smallest absolute Gasteiger partial charge is 0.129 e. The van der Waals surface area contributed by atoms with Crippen molar-refractivity contribution in [3.8, 4) is 16.9 Å². The minimum absolute atomic E-state index is 0.213. The molecular formula is C29H22FNO. The third-order valence-corrected chi connectivity index (χ3v) is 6.40. The molecule has 1 aromatic heterocycles. The van der Waals surface area contributed by atoms with E-state index in [4.69, 9.17) is 9.72 Å². The molecule has 0 spiro atoms. The highest BCUT2D eigenvalue weighted by Crippen LogP contribution is 2.40. The quantitative estimate of drug-likeness (QED) is 0.286. The lowest BCUT2D eigenvalue weighted by molar-refractivity contribution is 0.300. The summed E-state index contributed by atoms with van der Waals surface area (Å²) < 4.78 is 19.8. The van der Waals surface area contributed by atoms with Gasteiger partial charge in [-0.05, 0) is 71.0 Å². The van der Waals surface area contributed by atoms with E-state index in [0.717, 1.165) is 30.5 Å². The van der Waals surface area contributed by atoms with E-state index in [2.05, 4.69) is 48.5 Å². The summed E-state index contributed by atoms with van der Waals surface area (Å²) in [6, 6.07) is 27.8. The fraction of sp³-hybridized carbons (Fsp3) is 0.138. The van der Waals surface area contributed by atoms with Gasteiger partial charge in [-0.25, -0.2) is 4.39 Å². The van der Waals surface area contributed by atoms with Gasteiger partial charge in [0.1, 0.15) is 18.2 Å². The van der Waals surface area contributed by atoms with E-state index in [0.29, 0.717) is 5.56 Å². The Hall–Kier alpha value is -3.72. The van der Waals surface area contributed by atoms with E-state index in [-0.39, 0.29) is 12.4 Å². The summed E-state index contributed by atoms with van der Waals surface area (Å²) in [7, 11) is 0. The largest absolute Gasteiger partial charge is 0.489 e. The predicted octanol–water partition coefficient (Wildman–Crippen LogP) is 7.26. The molecule has 0 saturated heterocycles. The number of aromatic nitrogens is 1. The summed E-state index contributed by atoms with van der Waals surface area (Å²) in [6.45, 7) is 0.213. The van der Waals surface area contributed by atoms with Crippen LogP contribution < -0.4 is 4.74 Å². The van der Waals surface area contributed by atoms with Crippen molar-refractivity contribution in [2.45, 2.75) is 25.9 Å². The first-order valence-electron chi connectivity index (χ1n) is 11.1. The standard InChI is InChI=1S/C29H22FNO/c30-25-10-4-2-7-21(25)18-32-22-15-12-20(13-16-22)28-24-9-5-11-26(24)31-27-17-14-19-6-1-3-8-23(19)29(27)28/h1-4,6-8,10,12-17H,5,9,11,18H2. The minimum Gasteiger partial charge on any atom is -0.489 e. The van der Waals surface area contributed by atoms with Gasteiger partial charge in [-0.2, -0.15) is 0 Å². The first-order valence-corrected chi connectivity index (χ1v) is 11.1. The van der Waals surface area contributed by atoms with E-state index < -0.39 is 0 Å². The zero-order valence-corrected chi connectivity index (χ0v) is 17.6. The van der Waals surface area contributed by atoms with Gasteiger partial charge < -0.3 is 4.74 Å². The second-order valence-corrected chi connectivity index (χ2v) is 8.35. The van der Waals surface area contributed by atoms with Gasteiger partial charge in [0.15, 0.2) is 0 Å². The topological polar surface area (TPSA) is 22.1 Å². The fourth-order valence-electron chi connectivity index (χ4n) is 4.85. The lowest BCUT2D eigenvalue weighted by Gasteiger charge is -2.15. The average Bonchev–Trinajstić information content (AvgIpc) is 3.31. The average molecular weight is 419 g/mol.